The second-order valence-corrected chi connectivity index (χ2v) is 6.59. The zero-order chi connectivity index (χ0) is 16.2. The summed E-state index contributed by atoms with van der Waals surface area (Å²) in [5.74, 6) is 0.798. The minimum absolute atomic E-state index is 0.101. The largest absolute Gasteiger partial charge is 0.497 e. The van der Waals surface area contributed by atoms with Crippen molar-refractivity contribution in [2.75, 3.05) is 20.8 Å². The molecule has 1 aromatic carbocycles. The Labute approximate surface area is 130 Å². The van der Waals surface area contributed by atoms with Crippen molar-refractivity contribution in [1.29, 1.82) is 0 Å². The summed E-state index contributed by atoms with van der Waals surface area (Å²) in [7, 11) is 1.24. The fraction of sp³-hybridized carbons (Fsp3) is 0.333. The van der Waals surface area contributed by atoms with Crippen molar-refractivity contribution in [2.24, 2.45) is 7.05 Å². The molecule has 0 bridgehead atoms. The van der Waals surface area contributed by atoms with Crippen LogP contribution in [0.5, 0.6) is 11.5 Å². The molecule has 0 saturated heterocycles. The van der Waals surface area contributed by atoms with E-state index in [4.69, 9.17) is 9.47 Å². The smallest absolute Gasteiger partial charge is 0.244 e. The Morgan fingerprint density at radius 2 is 1.95 bits per heavy atom. The van der Waals surface area contributed by atoms with Crippen molar-refractivity contribution < 1.29 is 17.9 Å². The molecule has 0 saturated carbocycles. The maximum Gasteiger partial charge on any atom is 0.244 e. The van der Waals surface area contributed by atoms with Gasteiger partial charge in [-0.3, -0.25) is 0 Å². The lowest BCUT2D eigenvalue weighted by atomic mass is 10.2. The van der Waals surface area contributed by atoms with Gasteiger partial charge in [0.1, 0.15) is 16.4 Å². The predicted molar refractivity (Wildman–Crippen MR) is 83.9 cm³/mol. The number of aryl methyl sites for hydroxylation is 1. The molecule has 0 amide bonds. The molecule has 0 spiro atoms. The molecular weight excluding hydrogens is 304 g/mol. The van der Waals surface area contributed by atoms with Gasteiger partial charge >= 0.3 is 0 Å². The number of sulfonamides is 1. The van der Waals surface area contributed by atoms with Crippen LogP contribution in [0.3, 0.4) is 0 Å². The molecule has 0 aliphatic rings. The fourth-order valence-corrected chi connectivity index (χ4v) is 3.29. The molecule has 2 rings (SSSR count). The van der Waals surface area contributed by atoms with Gasteiger partial charge in [-0.2, -0.15) is 0 Å². The molecule has 120 valence electrons. The summed E-state index contributed by atoms with van der Waals surface area (Å²) < 4.78 is 39.5. The minimum Gasteiger partial charge on any atom is -0.497 e. The number of ether oxygens (including phenoxy) is 2. The molecule has 1 aromatic heterocycles. The summed E-state index contributed by atoms with van der Waals surface area (Å²) in [6, 6.07) is 6.57. The summed E-state index contributed by atoms with van der Waals surface area (Å²) in [5.41, 5.74) is 1.08. The van der Waals surface area contributed by atoms with E-state index in [-0.39, 0.29) is 10.6 Å². The van der Waals surface area contributed by atoms with Crippen LogP contribution in [0, 0.1) is 0 Å². The third-order valence-electron chi connectivity index (χ3n) is 3.26. The topological polar surface area (TPSA) is 69.6 Å². The highest BCUT2D eigenvalue weighted by molar-refractivity contribution is 7.89. The summed E-state index contributed by atoms with van der Waals surface area (Å²) in [5, 5.41) is 0. The van der Waals surface area contributed by atoms with E-state index in [0.717, 1.165) is 5.56 Å². The Bertz CT molecular complexity index is 738. The zero-order valence-electron chi connectivity index (χ0n) is 12.9. The van der Waals surface area contributed by atoms with Crippen LogP contribution in [0.4, 0.5) is 0 Å². The highest BCUT2D eigenvalue weighted by Gasteiger charge is 2.19. The van der Waals surface area contributed by atoms with E-state index in [0.29, 0.717) is 18.7 Å². The maximum atomic E-state index is 12.4. The summed E-state index contributed by atoms with van der Waals surface area (Å²) in [6.07, 6.45) is 4.51. The van der Waals surface area contributed by atoms with Crippen molar-refractivity contribution in [3.63, 3.8) is 0 Å². The Morgan fingerprint density at radius 1 is 1.18 bits per heavy atom. The number of aromatic nitrogens is 1. The van der Waals surface area contributed by atoms with Gasteiger partial charge in [0.15, 0.2) is 0 Å². The van der Waals surface area contributed by atoms with Crippen LogP contribution in [0.25, 0.3) is 0 Å². The van der Waals surface area contributed by atoms with Gasteiger partial charge in [0, 0.05) is 32.1 Å². The van der Waals surface area contributed by atoms with E-state index in [2.05, 4.69) is 4.72 Å². The first kappa shape index (κ1) is 16.4. The van der Waals surface area contributed by atoms with Crippen LogP contribution in [-0.4, -0.2) is 33.7 Å². The monoisotopic (exact) mass is 324 g/mol. The number of nitrogens with zero attached hydrogens (tertiary/aromatic N) is 1. The minimum atomic E-state index is -3.63. The molecule has 22 heavy (non-hydrogen) atoms. The molecule has 6 nitrogen and oxygen atoms in total. The van der Waals surface area contributed by atoms with E-state index in [1.807, 2.05) is 30.1 Å². The SMILES string of the molecule is COc1ccc(S(=O)(=O)NCCc2ccn(C)c2)c(OC)c1. The van der Waals surface area contributed by atoms with Crippen molar-refractivity contribution >= 4 is 10.0 Å². The maximum absolute atomic E-state index is 12.4. The Hall–Kier alpha value is -1.99. The number of nitrogens with one attached hydrogen (secondary N) is 1. The fourth-order valence-electron chi connectivity index (χ4n) is 2.11. The molecule has 0 radical (unpaired) electrons. The standard InChI is InChI=1S/C15H20N2O4S/c1-17-9-7-12(11-17)6-8-16-22(18,19)15-5-4-13(20-2)10-14(15)21-3/h4-5,7,9-11,16H,6,8H2,1-3H3. The van der Waals surface area contributed by atoms with Crippen LogP contribution >= 0.6 is 0 Å². The summed E-state index contributed by atoms with van der Waals surface area (Å²) in [6.45, 7) is 0.321. The molecule has 0 aliphatic carbocycles. The van der Waals surface area contributed by atoms with E-state index in [1.165, 1.54) is 20.3 Å². The Morgan fingerprint density at radius 3 is 2.55 bits per heavy atom. The molecule has 1 heterocycles. The quantitative estimate of drug-likeness (QED) is 0.839. The molecule has 0 unspecified atom stereocenters. The van der Waals surface area contributed by atoms with Crippen molar-refractivity contribution in [3.05, 3.63) is 42.2 Å². The predicted octanol–water partition coefficient (Wildman–Crippen LogP) is 1.56. The first-order chi connectivity index (χ1) is 10.5. The molecule has 7 heteroatoms. The van der Waals surface area contributed by atoms with Crippen molar-refractivity contribution in [2.45, 2.75) is 11.3 Å². The van der Waals surface area contributed by atoms with Gasteiger partial charge in [-0.15, -0.1) is 0 Å². The Kier molecular flexibility index (Phi) is 5.10. The van der Waals surface area contributed by atoms with Crippen molar-refractivity contribution in [1.82, 2.24) is 9.29 Å². The Balaban J connectivity index is 2.09. The second-order valence-electron chi connectivity index (χ2n) is 4.85. The van der Waals surface area contributed by atoms with Gasteiger partial charge in [-0.05, 0) is 30.2 Å². The van der Waals surface area contributed by atoms with E-state index < -0.39 is 10.0 Å². The summed E-state index contributed by atoms with van der Waals surface area (Å²) in [4.78, 5) is 0.101. The van der Waals surface area contributed by atoms with E-state index >= 15 is 0 Å². The number of rotatable bonds is 7. The van der Waals surface area contributed by atoms with E-state index in [9.17, 15) is 8.42 Å². The third kappa shape index (κ3) is 3.80. The lowest BCUT2D eigenvalue weighted by Gasteiger charge is -2.11. The van der Waals surface area contributed by atoms with Crippen molar-refractivity contribution in [3.8, 4) is 11.5 Å². The second kappa shape index (κ2) is 6.85. The number of methoxy groups -OCH3 is 2. The average molecular weight is 324 g/mol. The third-order valence-corrected chi connectivity index (χ3v) is 4.76. The molecule has 2 aromatic rings. The number of hydrogen-bond donors (Lipinski definition) is 1. The molecule has 0 aliphatic heterocycles. The molecule has 0 fully saturated rings. The average Bonchev–Trinajstić information content (AvgIpc) is 2.91. The summed E-state index contributed by atoms with van der Waals surface area (Å²) >= 11 is 0. The van der Waals surface area contributed by atoms with Gasteiger partial charge < -0.3 is 14.0 Å². The van der Waals surface area contributed by atoms with Crippen LogP contribution in [0.1, 0.15) is 5.56 Å². The van der Waals surface area contributed by atoms with Gasteiger partial charge in [-0.1, -0.05) is 0 Å². The number of benzene rings is 1. The highest BCUT2D eigenvalue weighted by atomic mass is 32.2. The lowest BCUT2D eigenvalue weighted by Crippen LogP contribution is -2.26. The first-order valence-electron chi connectivity index (χ1n) is 6.79. The van der Waals surface area contributed by atoms with E-state index in [1.54, 1.807) is 12.1 Å². The first-order valence-corrected chi connectivity index (χ1v) is 8.27. The van der Waals surface area contributed by atoms with Gasteiger partial charge in [0.2, 0.25) is 10.0 Å². The van der Waals surface area contributed by atoms with Crippen LogP contribution in [0.2, 0.25) is 0 Å². The van der Waals surface area contributed by atoms with Crippen LogP contribution in [0.15, 0.2) is 41.6 Å². The lowest BCUT2D eigenvalue weighted by molar-refractivity contribution is 0.386. The zero-order valence-corrected chi connectivity index (χ0v) is 13.7. The van der Waals surface area contributed by atoms with Gasteiger partial charge in [0.25, 0.3) is 0 Å². The van der Waals surface area contributed by atoms with Crippen LogP contribution < -0.4 is 14.2 Å². The highest BCUT2D eigenvalue weighted by Crippen LogP contribution is 2.28. The normalized spacial score (nSPS) is 11.4. The van der Waals surface area contributed by atoms with Gasteiger partial charge in [0.05, 0.1) is 14.2 Å². The number of hydrogen-bond acceptors (Lipinski definition) is 4. The van der Waals surface area contributed by atoms with Gasteiger partial charge in [-0.25, -0.2) is 13.1 Å². The molecule has 0 atom stereocenters. The molecular formula is C15H20N2O4S. The molecule has 1 N–H and O–H groups in total. The van der Waals surface area contributed by atoms with Crippen LogP contribution in [-0.2, 0) is 23.5 Å².